The van der Waals surface area contributed by atoms with Crippen LogP contribution >= 0.6 is 0 Å². The molecule has 2 N–H and O–H groups in total. The van der Waals surface area contributed by atoms with E-state index in [9.17, 15) is 0 Å². The third kappa shape index (κ3) is 1.98. The van der Waals surface area contributed by atoms with E-state index in [4.69, 9.17) is 5.73 Å². The first-order valence-electron chi connectivity index (χ1n) is 4.87. The molecule has 0 aliphatic carbocycles. The number of nitrogens with two attached hydrogens (primary N) is 1. The van der Waals surface area contributed by atoms with Crippen molar-refractivity contribution in [1.82, 2.24) is 14.8 Å². The maximum absolute atomic E-state index is 5.62. The Hall–Kier alpha value is -1.84. The normalized spacial score (nSPS) is 10.5. The second-order valence-electron chi connectivity index (χ2n) is 3.62. The summed E-state index contributed by atoms with van der Waals surface area (Å²) in [5.74, 6) is 0.564. The van der Waals surface area contributed by atoms with Crippen molar-refractivity contribution < 1.29 is 0 Å². The van der Waals surface area contributed by atoms with Crippen LogP contribution in [0.15, 0.2) is 24.4 Å². The van der Waals surface area contributed by atoms with E-state index < -0.39 is 0 Å². The third-order valence-electron chi connectivity index (χ3n) is 2.44. The van der Waals surface area contributed by atoms with Gasteiger partial charge in [-0.15, -0.1) is 0 Å². The first-order chi connectivity index (χ1) is 7.16. The number of anilines is 1. The molecule has 2 rings (SSSR count). The predicted octanol–water partition coefficient (Wildman–Crippen LogP) is 1.53. The number of hydrogen-bond donors (Lipinski definition) is 1. The Morgan fingerprint density at radius 3 is 2.80 bits per heavy atom. The topological polar surface area (TPSA) is 56.7 Å². The minimum atomic E-state index is 0.564. The van der Waals surface area contributed by atoms with E-state index >= 15 is 0 Å². The Labute approximate surface area is 88.8 Å². The van der Waals surface area contributed by atoms with Gasteiger partial charge in [-0.25, -0.2) is 0 Å². The second kappa shape index (κ2) is 3.73. The summed E-state index contributed by atoms with van der Waals surface area (Å²) in [7, 11) is 0. The second-order valence-corrected chi connectivity index (χ2v) is 3.62. The highest BCUT2D eigenvalue weighted by Gasteiger charge is 2.04. The summed E-state index contributed by atoms with van der Waals surface area (Å²) in [6.07, 6.45) is 1.79. The zero-order valence-corrected chi connectivity index (χ0v) is 8.94. The number of hydrogen-bond acceptors (Lipinski definition) is 3. The molecule has 15 heavy (non-hydrogen) atoms. The minimum absolute atomic E-state index is 0.564. The van der Waals surface area contributed by atoms with Crippen molar-refractivity contribution in [2.75, 3.05) is 5.73 Å². The molecule has 0 amide bonds. The molecule has 0 bridgehead atoms. The molecule has 2 heterocycles. The van der Waals surface area contributed by atoms with Crippen LogP contribution in [0.3, 0.4) is 0 Å². The average molecular weight is 202 g/mol. The zero-order valence-electron chi connectivity index (χ0n) is 8.94. The highest BCUT2D eigenvalue weighted by molar-refractivity contribution is 5.29. The molecule has 2 aromatic heterocycles. The van der Waals surface area contributed by atoms with Crippen molar-refractivity contribution in [3.8, 4) is 0 Å². The van der Waals surface area contributed by atoms with Gasteiger partial charge in [0.25, 0.3) is 0 Å². The Balaban J connectivity index is 2.29. The van der Waals surface area contributed by atoms with E-state index in [1.807, 2.05) is 30.7 Å². The van der Waals surface area contributed by atoms with E-state index in [2.05, 4.69) is 16.1 Å². The largest absolute Gasteiger partial charge is 0.382 e. The van der Waals surface area contributed by atoms with Crippen molar-refractivity contribution >= 4 is 5.82 Å². The number of nitrogen functional groups attached to an aromatic ring is 1. The Kier molecular flexibility index (Phi) is 2.41. The van der Waals surface area contributed by atoms with Gasteiger partial charge in [-0.2, -0.15) is 5.10 Å². The molecule has 0 spiro atoms. The fraction of sp³-hybridized carbons (Fsp3) is 0.273. The van der Waals surface area contributed by atoms with Gasteiger partial charge in [-0.05, 0) is 25.5 Å². The quantitative estimate of drug-likeness (QED) is 0.803. The molecule has 0 aliphatic rings. The molecule has 0 saturated carbocycles. The van der Waals surface area contributed by atoms with Crippen molar-refractivity contribution in [3.05, 3.63) is 41.3 Å². The van der Waals surface area contributed by atoms with Gasteiger partial charge < -0.3 is 5.73 Å². The number of rotatable bonds is 2. The summed E-state index contributed by atoms with van der Waals surface area (Å²) in [4.78, 5) is 4.24. The number of pyridine rings is 1. The molecule has 0 saturated heterocycles. The molecule has 0 fully saturated rings. The van der Waals surface area contributed by atoms with Crippen LogP contribution in [-0.4, -0.2) is 14.8 Å². The maximum Gasteiger partial charge on any atom is 0.145 e. The molecule has 4 nitrogen and oxygen atoms in total. The summed E-state index contributed by atoms with van der Waals surface area (Å²) in [6, 6.07) is 5.86. The average Bonchev–Trinajstić information content (AvgIpc) is 2.49. The fourth-order valence-corrected chi connectivity index (χ4v) is 1.54. The Morgan fingerprint density at radius 2 is 2.20 bits per heavy atom. The van der Waals surface area contributed by atoms with Crippen LogP contribution in [0.1, 0.15) is 17.0 Å². The lowest BCUT2D eigenvalue weighted by atomic mass is 10.2. The molecule has 4 heteroatoms. The van der Waals surface area contributed by atoms with E-state index in [0.29, 0.717) is 5.82 Å². The minimum Gasteiger partial charge on any atom is -0.382 e. The van der Waals surface area contributed by atoms with Crippen molar-refractivity contribution in [2.24, 2.45) is 0 Å². The van der Waals surface area contributed by atoms with E-state index in [0.717, 1.165) is 17.9 Å². The van der Waals surface area contributed by atoms with Crippen molar-refractivity contribution in [3.63, 3.8) is 0 Å². The molecule has 0 aromatic carbocycles. The highest BCUT2D eigenvalue weighted by atomic mass is 15.3. The number of aryl methyl sites for hydroxylation is 2. The molecule has 2 aromatic rings. The molecular weight excluding hydrogens is 188 g/mol. The number of nitrogens with zero attached hydrogens (tertiary/aromatic N) is 3. The first-order valence-corrected chi connectivity index (χ1v) is 4.87. The molecule has 0 unspecified atom stereocenters. The first kappa shape index (κ1) is 9.71. The van der Waals surface area contributed by atoms with Gasteiger partial charge in [0, 0.05) is 23.7 Å². The monoisotopic (exact) mass is 202 g/mol. The van der Waals surface area contributed by atoms with Gasteiger partial charge in [0.05, 0.1) is 6.54 Å². The summed E-state index contributed by atoms with van der Waals surface area (Å²) in [6.45, 7) is 4.72. The fourth-order valence-electron chi connectivity index (χ4n) is 1.54. The smallest absolute Gasteiger partial charge is 0.145 e. The van der Waals surface area contributed by atoms with Crippen LogP contribution in [-0.2, 0) is 6.54 Å². The SMILES string of the molecule is Cc1ncccc1Cn1nc(N)cc1C. The molecule has 0 atom stereocenters. The molecular formula is C11H14N4. The van der Waals surface area contributed by atoms with Gasteiger partial charge in [0.15, 0.2) is 0 Å². The Morgan fingerprint density at radius 1 is 1.40 bits per heavy atom. The van der Waals surface area contributed by atoms with Crippen molar-refractivity contribution in [1.29, 1.82) is 0 Å². The van der Waals surface area contributed by atoms with Gasteiger partial charge in [-0.3, -0.25) is 9.67 Å². The van der Waals surface area contributed by atoms with Crippen LogP contribution in [0, 0.1) is 13.8 Å². The van der Waals surface area contributed by atoms with Crippen LogP contribution < -0.4 is 5.73 Å². The lowest BCUT2D eigenvalue weighted by molar-refractivity contribution is 0.663. The Bertz CT molecular complexity index is 473. The maximum atomic E-state index is 5.62. The van der Waals surface area contributed by atoms with Gasteiger partial charge in [-0.1, -0.05) is 6.07 Å². The van der Waals surface area contributed by atoms with E-state index in [1.54, 1.807) is 6.20 Å². The van der Waals surface area contributed by atoms with Gasteiger partial charge >= 0.3 is 0 Å². The lowest BCUT2D eigenvalue weighted by Gasteiger charge is -2.06. The molecule has 0 radical (unpaired) electrons. The molecule has 78 valence electrons. The summed E-state index contributed by atoms with van der Waals surface area (Å²) in [5.41, 5.74) is 8.89. The van der Waals surface area contributed by atoms with Gasteiger partial charge in [0.1, 0.15) is 5.82 Å². The predicted molar refractivity (Wildman–Crippen MR) is 59.5 cm³/mol. The van der Waals surface area contributed by atoms with Gasteiger partial charge in [0.2, 0.25) is 0 Å². The summed E-state index contributed by atoms with van der Waals surface area (Å²) < 4.78 is 1.89. The van der Waals surface area contributed by atoms with Crippen LogP contribution in [0.25, 0.3) is 0 Å². The van der Waals surface area contributed by atoms with E-state index in [-0.39, 0.29) is 0 Å². The third-order valence-corrected chi connectivity index (χ3v) is 2.44. The van der Waals surface area contributed by atoms with Crippen LogP contribution in [0.4, 0.5) is 5.82 Å². The summed E-state index contributed by atoms with van der Waals surface area (Å²) in [5, 5.41) is 4.21. The zero-order chi connectivity index (χ0) is 10.8. The van der Waals surface area contributed by atoms with E-state index in [1.165, 1.54) is 5.56 Å². The lowest BCUT2D eigenvalue weighted by Crippen LogP contribution is -2.06. The van der Waals surface area contributed by atoms with Crippen LogP contribution in [0.5, 0.6) is 0 Å². The summed E-state index contributed by atoms with van der Waals surface area (Å²) >= 11 is 0. The standard InChI is InChI=1S/C11H14N4/c1-8-6-11(12)14-15(8)7-10-4-3-5-13-9(10)2/h3-6H,7H2,1-2H3,(H2,12,14). The number of aromatic nitrogens is 3. The van der Waals surface area contributed by atoms with Crippen molar-refractivity contribution in [2.45, 2.75) is 20.4 Å². The molecule has 0 aliphatic heterocycles. The van der Waals surface area contributed by atoms with Crippen LogP contribution in [0.2, 0.25) is 0 Å². The highest BCUT2D eigenvalue weighted by Crippen LogP contribution is 2.10.